The van der Waals surface area contributed by atoms with Gasteiger partial charge in [0.1, 0.15) is 5.82 Å². The second kappa shape index (κ2) is 7.24. The first-order valence-electron chi connectivity index (χ1n) is 4.87. The summed E-state index contributed by atoms with van der Waals surface area (Å²) >= 11 is 1.19. The molecule has 16 heavy (non-hydrogen) atoms. The Hall–Kier alpha value is -1.07. The highest BCUT2D eigenvalue weighted by Crippen LogP contribution is 2.20. The summed E-state index contributed by atoms with van der Waals surface area (Å²) in [6.07, 6.45) is 0. The normalized spacial score (nSPS) is 10.1. The van der Waals surface area contributed by atoms with Crippen LogP contribution in [0.3, 0.4) is 0 Å². The molecule has 3 nitrogen and oxygen atoms in total. The summed E-state index contributed by atoms with van der Waals surface area (Å²) in [6.45, 7) is 0.962. The van der Waals surface area contributed by atoms with Crippen molar-refractivity contribution in [2.24, 2.45) is 0 Å². The Labute approximate surface area is 98.4 Å². The van der Waals surface area contributed by atoms with Gasteiger partial charge in [-0.1, -0.05) is 12.1 Å². The predicted molar refractivity (Wildman–Crippen MR) is 62.0 cm³/mol. The van der Waals surface area contributed by atoms with E-state index >= 15 is 0 Å². The molecule has 0 saturated heterocycles. The van der Waals surface area contributed by atoms with Crippen molar-refractivity contribution in [3.05, 3.63) is 30.1 Å². The van der Waals surface area contributed by atoms with Gasteiger partial charge >= 0.3 is 0 Å². The SMILES string of the molecule is COCCNC(=O)CSc1ccccc1F. The van der Waals surface area contributed by atoms with E-state index in [0.29, 0.717) is 18.0 Å². The highest BCUT2D eigenvalue weighted by molar-refractivity contribution is 8.00. The molecule has 1 aromatic carbocycles. The third kappa shape index (κ3) is 4.63. The maximum atomic E-state index is 13.2. The number of rotatable bonds is 6. The fourth-order valence-electron chi connectivity index (χ4n) is 1.05. The number of amides is 1. The van der Waals surface area contributed by atoms with Crippen LogP contribution in [-0.2, 0) is 9.53 Å². The Morgan fingerprint density at radius 3 is 2.94 bits per heavy atom. The molecule has 0 heterocycles. The van der Waals surface area contributed by atoms with E-state index < -0.39 is 0 Å². The van der Waals surface area contributed by atoms with Crippen LogP contribution in [0.2, 0.25) is 0 Å². The minimum atomic E-state index is -0.294. The third-order valence-electron chi connectivity index (χ3n) is 1.82. The van der Waals surface area contributed by atoms with Crippen molar-refractivity contribution in [2.45, 2.75) is 4.90 Å². The molecule has 0 unspecified atom stereocenters. The molecule has 0 aliphatic heterocycles. The van der Waals surface area contributed by atoms with Gasteiger partial charge < -0.3 is 10.1 Å². The van der Waals surface area contributed by atoms with E-state index in [2.05, 4.69) is 5.32 Å². The summed E-state index contributed by atoms with van der Waals surface area (Å²) in [5, 5.41) is 2.67. The Morgan fingerprint density at radius 2 is 2.25 bits per heavy atom. The molecule has 0 fully saturated rings. The molecule has 0 aromatic heterocycles. The molecule has 1 aromatic rings. The van der Waals surface area contributed by atoms with Gasteiger partial charge in [0.25, 0.3) is 0 Å². The lowest BCUT2D eigenvalue weighted by atomic mass is 10.3. The van der Waals surface area contributed by atoms with Crippen LogP contribution in [0, 0.1) is 5.82 Å². The second-order valence-corrected chi connectivity index (χ2v) is 4.08. The van der Waals surface area contributed by atoms with E-state index in [9.17, 15) is 9.18 Å². The van der Waals surface area contributed by atoms with Crippen LogP contribution in [0.4, 0.5) is 4.39 Å². The first kappa shape index (κ1) is 13.0. The van der Waals surface area contributed by atoms with E-state index in [1.165, 1.54) is 17.8 Å². The standard InChI is InChI=1S/C11H14FNO2S/c1-15-7-6-13-11(14)8-16-10-5-3-2-4-9(10)12/h2-5H,6-8H2,1H3,(H,13,14). The third-order valence-corrected chi connectivity index (χ3v) is 2.87. The van der Waals surface area contributed by atoms with Crippen molar-refractivity contribution < 1.29 is 13.9 Å². The number of hydrogen-bond donors (Lipinski definition) is 1. The summed E-state index contributed by atoms with van der Waals surface area (Å²) in [4.78, 5) is 11.8. The van der Waals surface area contributed by atoms with E-state index in [4.69, 9.17) is 4.74 Å². The molecular formula is C11H14FNO2S. The topological polar surface area (TPSA) is 38.3 Å². The van der Waals surface area contributed by atoms with Gasteiger partial charge in [0.05, 0.1) is 12.4 Å². The summed E-state index contributed by atoms with van der Waals surface area (Å²) in [5.41, 5.74) is 0. The number of carbonyl (C=O) groups is 1. The lowest BCUT2D eigenvalue weighted by molar-refractivity contribution is -0.118. The molecule has 0 saturated carbocycles. The largest absolute Gasteiger partial charge is 0.383 e. The van der Waals surface area contributed by atoms with Crippen molar-refractivity contribution in [2.75, 3.05) is 26.0 Å². The summed E-state index contributed by atoms with van der Waals surface area (Å²) < 4.78 is 18.0. The van der Waals surface area contributed by atoms with Gasteiger partial charge in [-0.2, -0.15) is 0 Å². The molecule has 0 spiro atoms. The Kier molecular flexibility index (Phi) is 5.88. The van der Waals surface area contributed by atoms with Crippen LogP contribution in [-0.4, -0.2) is 31.9 Å². The molecule has 0 atom stereocenters. The van der Waals surface area contributed by atoms with Crippen molar-refractivity contribution in [1.82, 2.24) is 5.32 Å². The number of benzene rings is 1. The number of hydrogen-bond acceptors (Lipinski definition) is 3. The van der Waals surface area contributed by atoms with E-state index in [1.807, 2.05) is 0 Å². The molecule has 1 amide bonds. The van der Waals surface area contributed by atoms with Crippen molar-refractivity contribution in [3.8, 4) is 0 Å². The van der Waals surface area contributed by atoms with E-state index in [1.54, 1.807) is 25.3 Å². The van der Waals surface area contributed by atoms with Gasteiger partial charge in [-0.05, 0) is 12.1 Å². The van der Waals surface area contributed by atoms with Gasteiger partial charge in [0.2, 0.25) is 5.91 Å². The first-order valence-corrected chi connectivity index (χ1v) is 5.85. The van der Waals surface area contributed by atoms with Gasteiger partial charge in [-0.25, -0.2) is 4.39 Å². The Morgan fingerprint density at radius 1 is 1.50 bits per heavy atom. The molecule has 0 aliphatic rings. The van der Waals surface area contributed by atoms with Crippen molar-refractivity contribution >= 4 is 17.7 Å². The van der Waals surface area contributed by atoms with Gasteiger partial charge in [-0.15, -0.1) is 11.8 Å². The first-order chi connectivity index (χ1) is 7.74. The van der Waals surface area contributed by atoms with Gasteiger partial charge in [-0.3, -0.25) is 4.79 Å². The average molecular weight is 243 g/mol. The van der Waals surface area contributed by atoms with Crippen LogP contribution < -0.4 is 5.32 Å². The van der Waals surface area contributed by atoms with Crippen LogP contribution in [0.25, 0.3) is 0 Å². The quantitative estimate of drug-likeness (QED) is 0.610. The lowest BCUT2D eigenvalue weighted by Crippen LogP contribution is -2.28. The zero-order chi connectivity index (χ0) is 11.8. The molecule has 0 radical (unpaired) electrons. The van der Waals surface area contributed by atoms with E-state index in [0.717, 1.165) is 0 Å². The minimum Gasteiger partial charge on any atom is -0.383 e. The van der Waals surface area contributed by atoms with Crippen LogP contribution in [0.5, 0.6) is 0 Å². The van der Waals surface area contributed by atoms with Crippen molar-refractivity contribution in [3.63, 3.8) is 0 Å². The zero-order valence-electron chi connectivity index (χ0n) is 9.03. The van der Waals surface area contributed by atoms with Crippen LogP contribution >= 0.6 is 11.8 Å². The smallest absolute Gasteiger partial charge is 0.230 e. The zero-order valence-corrected chi connectivity index (χ0v) is 9.85. The summed E-state index contributed by atoms with van der Waals surface area (Å²) in [7, 11) is 1.57. The number of carbonyl (C=O) groups excluding carboxylic acids is 1. The Bertz CT molecular complexity index is 347. The fraction of sp³-hybridized carbons (Fsp3) is 0.364. The number of thioether (sulfide) groups is 1. The summed E-state index contributed by atoms with van der Waals surface area (Å²) in [6, 6.07) is 6.40. The van der Waals surface area contributed by atoms with Gasteiger partial charge in [0.15, 0.2) is 0 Å². The molecule has 0 aliphatic carbocycles. The fourth-order valence-corrected chi connectivity index (χ4v) is 1.82. The molecule has 88 valence electrons. The molecule has 1 rings (SSSR count). The summed E-state index contributed by atoms with van der Waals surface area (Å²) in [5.74, 6) is -0.201. The molecule has 0 bridgehead atoms. The highest BCUT2D eigenvalue weighted by Gasteiger charge is 2.05. The van der Waals surface area contributed by atoms with Gasteiger partial charge in [0, 0.05) is 18.6 Å². The predicted octanol–water partition coefficient (Wildman–Crippen LogP) is 1.68. The molecular weight excluding hydrogens is 229 g/mol. The van der Waals surface area contributed by atoms with Crippen molar-refractivity contribution in [1.29, 1.82) is 0 Å². The molecule has 1 N–H and O–H groups in total. The van der Waals surface area contributed by atoms with Crippen LogP contribution in [0.15, 0.2) is 29.2 Å². The maximum Gasteiger partial charge on any atom is 0.230 e. The number of halogens is 1. The average Bonchev–Trinajstić information content (AvgIpc) is 2.28. The second-order valence-electron chi connectivity index (χ2n) is 3.06. The Balaban J connectivity index is 2.29. The maximum absolute atomic E-state index is 13.2. The number of ether oxygens (including phenoxy) is 1. The number of nitrogens with one attached hydrogen (secondary N) is 1. The monoisotopic (exact) mass is 243 g/mol. The lowest BCUT2D eigenvalue weighted by Gasteiger charge is -2.04. The number of methoxy groups -OCH3 is 1. The molecule has 5 heteroatoms. The highest BCUT2D eigenvalue weighted by atomic mass is 32.2. The van der Waals surface area contributed by atoms with E-state index in [-0.39, 0.29) is 17.5 Å². The minimum absolute atomic E-state index is 0.120. The van der Waals surface area contributed by atoms with Crippen LogP contribution in [0.1, 0.15) is 0 Å².